The summed E-state index contributed by atoms with van der Waals surface area (Å²) in [6.07, 6.45) is 0.995. The van der Waals surface area contributed by atoms with Crippen LogP contribution < -0.4 is 19.5 Å². The molecule has 2 heterocycles. The number of aliphatic hydroxyl groups excluding tert-OH is 2. The van der Waals surface area contributed by atoms with Gasteiger partial charge in [0.2, 0.25) is 16.8 Å². The molecular formula is C28H34N2O9S. The van der Waals surface area contributed by atoms with Gasteiger partial charge in [0.05, 0.1) is 23.3 Å². The van der Waals surface area contributed by atoms with Crippen molar-refractivity contribution in [1.29, 1.82) is 0 Å². The van der Waals surface area contributed by atoms with Crippen LogP contribution in [0.25, 0.3) is 0 Å². The van der Waals surface area contributed by atoms with Crippen molar-refractivity contribution in [3.63, 3.8) is 0 Å². The van der Waals surface area contributed by atoms with E-state index in [4.69, 9.17) is 18.6 Å². The maximum Gasteiger partial charge on any atom is 0.413 e. The summed E-state index contributed by atoms with van der Waals surface area (Å²) in [6.45, 7) is 3.19. The molecule has 0 saturated carbocycles. The normalized spacial score (nSPS) is 14.6. The fraction of sp³-hybridized carbons (Fsp3) is 0.393. The van der Waals surface area contributed by atoms with Gasteiger partial charge in [0.15, 0.2) is 17.2 Å². The quantitative estimate of drug-likeness (QED) is 0.280. The van der Waals surface area contributed by atoms with Crippen LogP contribution in [0.15, 0.2) is 76.4 Å². The van der Waals surface area contributed by atoms with E-state index < -0.39 is 33.7 Å². The molecule has 3 N–H and O–H groups in total. The summed E-state index contributed by atoms with van der Waals surface area (Å²) in [4.78, 5) is 12.6. The number of ether oxygens (including phenoxy) is 3. The van der Waals surface area contributed by atoms with Crippen LogP contribution in [-0.2, 0) is 16.4 Å². The number of amides is 1. The van der Waals surface area contributed by atoms with Crippen LogP contribution in [-0.4, -0.2) is 67.7 Å². The molecule has 12 heteroatoms. The maximum atomic E-state index is 13.9. The minimum absolute atomic E-state index is 0.00107. The highest BCUT2D eigenvalue weighted by Crippen LogP contribution is 2.35. The summed E-state index contributed by atoms with van der Waals surface area (Å²) < 4.78 is 49.8. The molecule has 40 heavy (non-hydrogen) atoms. The van der Waals surface area contributed by atoms with Gasteiger partial charge in [-0.3, -0.25) is 0 Å². The lowest BCUT2D eigenvalue weighted by atomic mass is 9.89. The number of furan rings is 1. The molecule has 3 aromatic rings. The number of rotatable bonds is 13. The molecule has 0 unspecified atom stereocenters. The molecule has 0 bridgehead atoms. The molecule has 1 aromatic heterocycles. The number of sulfonamides is 1. The Kier molecular flexibility index (Phi) is 9.36. The van der Waals surface area contributed by atoms with Crippen LogP contribution in [0.2, 0.25) is 0 Å². The summed E-state index contributed by atoms with van der Waals surface area (Å²) in [7, 11) is -4.15. The first-order valence-corrected chi connectivity index (χ1v) is 14.2. The Labute approximate surface area is 233 Å². The number of nitrogens with zero attached hydrogens (tertiary/aromatic N) is 1. The second-order valence-corrected chi connectivity index (χ2v) is 12.2. The molecule has 0 spiro atoms. The van der Waals surface area contributed by atoms with Gasteiger partial charge >= 0.3 is 6.09 Å². The SMILES string of the molecule is CC(C)(CCO)CN(C[C@H](O)[C@H](Cc1ccccc1)NC(=O)Oc1ccoc1)S(=O)(=O)c1ccc2c(c1)OCO2. The molecule has 1 amide bonds. The number of fused-ring (bicyclic) bond motifs is 1. The third-order valence-electron chi connectivity index (χ3n) is 6.54. The summed E-state index contributed by atoms with van der Waals surface area (Å²) in [5, 5.41) is 23.7. The lowest BCUT2D eigenvalue weighted by Gasteiger charge is -2.34. The molecule has 216 valence electrons. The Morgan fingerprint density at radius 3 is 2.58 bits per heavy atom. The average Bonchev–Trinajstić information content (AvgIpc) is 3.60. The van der Waals surface area contributed by atoms with Crippen LogP contribution in [0.1, 0.15) is 25.8 Å². The zero-order chi connectivity index (χ0) is 28.8. The molecule has 0 saturated heterocycles. The Balaban J connectivity index is 1.61. The molecule has 0 aliphatic carbocycles. The first-order valence-electron chi connectivity index (χ1n) is 12.8. The zero-order valence-corrected chi connectivity index (χ0v) is 23.2. The van der Waals surface area contributed by atoms with Gasteiger partial charge in [0.1, 0.15) is 6.26 Å². The van der Waals surface area contributed by atoms with E-state index in [1.54, 1.807) is 0 Å². The van der Waals surface area contributed by atoms with Crippen LogP contribution in [0, 0.1) is 5.41 Å². The van der Waals surface area contributed by atoms with Crippen molar-refractivity contribution >= 4 is 16.1 Å². The average molecular weight is 575 g/mol. The van der Waals surface area contributed by atoms with Crippen molar-refractivity contribution in [3.8, 4) is 17.2 Å². The van der Waals surface area contributed by atoms with Crippen LogP contribution >= 0.6 is 0 Å². The third-order valence-corrected chi connectivity index (χ3v) is 8.34. The Morgan fingerprint density at radius 2 is 1.88 bits per heavy atom. The topological polar surface area (TPSA) is 148 Å². The van der Waals surface area contributed by atoms with Crippen LogP contribution in [0.4, 0.5) is 4.79 Å². The van der Waals surface area contributed by atoms with Gasteiger partial charge in [-0.05, 0) is 36.0 Å². The molecular weight excluding hydrogens is 540 g/mol. The van der Waals surface area contributed by atoms with Crippen molar-refractivity contribution in [3.05, 3.63) is 72.7 Å². The Morgan fingerprint density at radius 1 is 1.12 bits per heavy atom. The van der Waals surface area contributed by atoms with Crippen molar-refractivity contribution < 1.29 is 42.1 Å². The summed E-state index contributed by atoms with van der Waals surface area (Å²) in [5.74, 6) is 0.930. The molecule has 0 radical (unpaired) electrons. The maximum absolute atomic E-state index is 13.9. The van der Waals surface area contributed by atoms with Crippen molar-refractivity contribution in [2.45, 2.75) is 43.7 Å². The summed E-state index contributed by atoms with van der Waals surface area (Å²) in [6, 6.07) is 14.1. The largest absolute Gasteiger partial charge is 0.469 e. The molecule has 1 aliphatic rings. The first kappa shape index (κ1) is 29.4. The highest BCUT2D eigenvalue weighted by molar-refractivity contribution is 7.89. The molecule has 2 atom stereocenters. The third kappa shape index (κ3) is 7.54. The molecule has 11 nitrogen and oxygen atoms in total. The lowest BCUT2D eigenvalue weighted by Crippen LogP contribution is -2.52. The highest BCUT2D eigenvalue weighted by atomic mass is 32.2. The van der Waals surface area contributed by atoms with E-state index in [0.29, 0.717) is 17.9 Å². The fourth-order valence-corrected chi connectivity index (χ4v) is 6.04. The van der Waals surface area contributed by atoms with E-state index in [2.05, 4.69) is 5.32 Å². The second-order valence-electron chi connectivity index (χ2n) is 10.3. The predicted octanol–water partition coefficient (Wildman–Crippen LogP) is 3.17. The van der Waals surface area contributed by atoms with Crippen LogP contribution in [0.5, 0.6) is 17.2 Å². The number of hydrogen-bond acceptors (Lipinski definition) is 9. The van der Waals surface area contributed by atoms with E-state index in [1.807, 2.05) is 44.2 Å². The number of aliphatic hydroxyl groups is 2. The van der Waals surface area contributed by atoms with Gasteiger partial charge in [-0.15, -0.1) is 0 Å². The molecule has 2 aromatic carbocycles. The summed E-state index contributed by atoms with van der Waals surface area (Å²) >= 11 is 0. The van der Waals surface area contributed by atoms with Crippen molar-refractivity contribution in [1.82, 2.24) is 9.62 Å². The Hall–Kier alpha value is -3.58. The molecule has 4 rings (SSSR count). The number of carbonyl (C=O) groups excluding carboxylic acids is 1. The smallest absolute Gasteiger partial charge is 0.413 e. The van der Waals surface area contributed by atoms with Gasteiger partial charge in [0, 0.05) is 31.8 Å². The van der Waals surface area contributed by atoms with Crippen LogP contribution in [0.3, 0.4) is 0 Å². The fourth-order valence-electron chi connectivity index (χ4n) is 4.38. The first-order chi connectivity index (χ1) is 19.1. The lowest BCUT2D eigenvalue weighted by molar-refractivity contribution is 0.0885. The zero-order valence-electron chi connectivity index (χ0n) is 22.4. The van der Waals surface area contributed by atoms with E-state index in [0.717, 1.165) is 5.56 Å². The monoisotopic (exact) mass is 574 g/mol. The van der Waals surface area contributed by atoms with E-state index in [9.17, 15) is 23.4 Å². The highest BCUT2D eigenvalue weighted by Gasteiger charge is 2.35. The Bertz CT molecular complexity index is 1360. The number of nitrogens with one attached hydrogen (secondary N) is 1. The molecule has 1 aliphatic heterocycles. The van der Waals surface area contributed by atoms with Gasteiger partial charge < -0.3 is 34.2 Å². The second kappa shape index (κ2) is 12.7. The predicted molar refractivity (Wildman–Crippen MR) is 145 cm³/mol. The van der Waals surface area contributed by atoms with Gasteiger partial charge in [-0.2, -0.15) is 4.31 Å². The number of benzene rings is 2. The van der Waals surface area contributed by atoms with Crippen molar-refractivity contribution in [2.24, 2.45) is 5.41 Å². The standard InChI is InChI=1S/C28H34N2O9S/c1-28(2,11-12-31)18-30(40(34,35)22-8-9-25-26(15-22)38-19-37-25)16-24(32)23(14-20-6-4-3-5-7-20)29-27(33)39-21-10-13-36-17-21/h3-10,13,15,17,23-24,31-32H,11-12,14,16,18-19H2,1-2H3,(H,29,33)/t23-,24-/m0/s1. The van der Waals surface area contributed by atoms with Gasteiger partial charge in [-0.25, -0.2) is 13.2 Å². The number of carbonyl (C=O) groups is 1. The molecule has 0 fully saturated rings. The van der Waals surface area contributed by atoms with E-state index in [1.165, 1.54) is 41.1 Å². The van der Waals surface area contributed by atoms with Gasteiger partial charge in [0.25, 0.3) is 0 Å². The van der Waals surface area contributed by atoms with Gasteiger partial charge in [-0.1, -0.05) is 44.2 Å². The number of hydrogen-bond donors (Lipinski definition) is 3. The van der Waals surface area contributed by atoms with E-state index in [-0.39, 0.29) is 43.6 Å². The minimum Gasteiger partial charge on any atom is -0.469 e. The van der Waals surface area contributed by atoms with Crippen molar-refractivity contribution in [2.75, 3.05) is 26.5 Å². The van der Waals surface area contributed by atoms with E-state index >= 15 is 0 Å². The minimum atomic E-state index is -4.15. The summed E-state index contributed by atoms with van der Waals surface area (Å²) in [5.41, 5.74) is 0.196.